The van der Waals surface area contributed by atoms with Gasteiger partial charge in [-0.3, -0.25) is 19.4 Å². The molecular weight excluding hydrogens is 531 g/mol. The Morgan fingerprint density at radius 3 is 2.40 bits per heavy atom. The van der Waals surface area contributed by atoms with Gasteiger partial charge in [0, 0.05) is 18.3 Å². The van der Waals surface area contributed by atoms with Crippen molar-refractivity contribution < 1.29 is 23.7 Å². The minimum atomic E-state index is -1.05. The van der Waals surface area contributed by atoms with Crippen molar-refractivity contribution in [1.82, 2.24) is 20.9 Å². The van der Waals surface area contributed by atoms with Gasteiger partial charge in [0.2, 0.25) is 5.91 Å². The molecule has 1 aromatic carbocycles. The molecule has 2 aromatic rings. The molecule has 3 amide bonds. The van der Waals surface area contributed by atoms with E-state index in [4.69, 9.17) is 9.31 Å². The molecule has 3 N–H and O–H groups in total. The van der Waals surface area contributed by atoms with Crippen LogP contribution >= 0.6 is 0 Å². The number of nitrogens with one attached hydrogen (secondary N) is 3. The highest BCUT2D eigenvalue weighted by Gasteiger charge is 2.68. The van der Waals surface area contributed by atoms with Crippen molar-refractivity contribution in [2.45, 2.75) is 84.5 Å². The summed E-state index contributed by atoms with van der Waals surface area (Å²) in [6, 6.07) is 11.1. The molecule has 224 valence electrons. The van der Waals surface area contributed by atoms with Gasteiger partial charge in [-0.25, -0.2) is 0 Å². The van der Waals surface area contributed by atoms with Crippen molar-refractivity contribution >= 4 is 24.8 Å². The number of nitrogens with zero attached hydrogens (tertiary/aromatic N) is 1. The number of benzene rings is 1. The Kier molecular flexibility index (Phi) is 8.49. The number of hydrogen-bond donors (Lipinski definition) is 3. The molecule has 10 heteroatoms. The van der Waals surface area contributed by atoms with Gasteiger partial charge in [-0.15, -0.1) is 0 Å². The molecule has 42 heavy (non-hydrogen) atoms. The summed E-state index contributed by atoms with van der Waals surface area (Å²) in [4.78, 5) is 43.8. The van der Waals surface area contributed by atoms with E-state index in [0.717, 1.165) is 18.4 Å². The van der Waals surface area contributed by atoms with Crippen LogP contribution in [0.1, 0.15) is 80.3 Å². The van der Waals surface area contributed by atoms with Crippen LogP contribution in [0.4, 0.5) is 0 Å². The highest BCUT2D eigenvalue weighted by atomic mass is 16.7. The zero-order valence-electron chi connectivity index (χ0n) is 25.5. The van der Waals surface area contributed by atoms with Gasteiger partial charge < -0.3 is 25.3 Å². The first-order chi connectivity index (χ1) is 19.9. The molecule has 4 fully saturated rings. The zero-order valence-corrected chi connectivity index (χ0v) is 25.5. The molecule has 6 atom stereocenters. The molecule has 0 unspecified atom stereocenters. The summed E-state index contributed by atoms with van der Waals surface area (Å²) in [5, 5.41) is 8.70. The lowest BCUT2D eigenvalue weighted by Gasteiger charge is -2.64. The summed E-state index contributed by atoms with van der Waals surface area (Å²) in [7, 11) is -0.601. The third-order valence-electron chi connectivity index (χ3n) is 9.65. The first-order valence-corrected chi connectivity index (χ1v) is 15.1. The van der Waals surface area contributed by atoms with E-state index in [1.165, 1.54) is 6.20 Å². The molecule has 0 spiro atoms. The molecule has 0 radical (unpaired) electrons. The Balaban J connectivity index is 1.31. The van der Waals surface area contributed by atoms with Gasteiger partial charge in [-0.05, 0) is 80.5 Å². The number of carbonyl (C=O) groups is 3. The molecule has 9 nitrogen and oxygen atoms in total. The van der Waals surface area contributed by atoms with E-state index in [0.29, 0.717) is 23.8 Å². The van der Waals surface area contributed by atoms with Gasteiger partial charge in [0.15, 0.2) is 0 Å². The average molecular weight is 575 g/mol. The van der Waals surface area contributed by atoms with Crippen LogP contribution in [0.5, 0.6) is 0 Å². The highest BCUT2D eigenvalue weighted by Crippen LogP contribution is 2.65. The maximum Gasteiger partial charge on any atom is 0.481 e. The standard InChI is InChI=1S/C32H43BN4O5/c1-19(2)15-27(33-41-26-17-22-16-25(31(22,4)5)32(26,6)42-33)37-30(40)24(36-29(39)23-9-7-8-14-34-23)18-35-28(38)21-12-10-20(3)11-13-21/h7-14,19,22,24-27H,15-18H2,1-6H3,(H,35,38)(H,36,39)(H,37,40)/t22-,24+,25+,26-,27+,32+/m1/s1. The molecule has 2 heterocycles. The normalized spacial score (nSPS) is 26.9. The fourth-order valence-corrected chi connectivity index (χ4v) is 7.04. The Labute approximate surface area is 249 Å². The molecule has 2 bridgehead atoms. The number of aryl methyl sites for hydroxylation is 1. The van der Waals surface area contributed by atoms with Gasteiger partial charge in [-0.2, -0.15) is 0 Å². The maximum atomic E-state index is 13.8. The Morgan fingerprint density at radius 2 is 1.76 bits per heavy atom. The lowest BCUT2D eigenvalue weighted by molar-refractivity contribution is -0.199. The van der Waals surface area contributed by atoms with E-state index >= 15 is 0 Å². The Hall–Kier alpha value is -3.24. The number of carbonyl (C=O) groups excluding carboxylic acids is 3. The maximum absolute atomic E-state index is 13.8. The number of hydrogen-bond acceptors (Lipinski definition) is 6. The predicted molar refractivity (Wildman–Crippen MR) is 161 cm³/mol. The molecule has 1 saturated heterocycles. The average Bonchev–Trinajstić information content (AvgIpc) is 3.32. The van der Waals surface area contributed by atoms with Crippen LogP contribution in [-0.4, -0.2) is 60.1 Å². The third kappa shape index (κ3) is 5.97. The van der Waals surface area contributed by atoms with Crippen LogP contribution in [-0.2, 0) is 14.1 Å². The van der Waals surface area contributed by atoms with Gasteiger partial charge >= 0.3 is 7.12 Å². The lowest BCUT2D eigenvalue weighted by Crippen LogP contribution is -2.65. The van der Waals surface area contributed by atoms with Gasteiger partial charge in [-0.1, -0.05) is 51.5 Å². The third-order valence-corrected chi connectivity index (χ3v) is 9.65. The smallest absolute Gasteiger partial charge is 0.404 e. The quantitative estimate of drug-likeness (QED) is 0.373. The zero-order chi connectivity index (χ0) is 30.2. The highest BCUT2D eigenvalue weighted by molar-refractivity contribution is 6.48. The molecule has 3 aliphatic carbocycles. The lowest BCUT2D eigenvalue weighted by atomic mass is 9.43. The molecule has 1 aliphatic heterocycles. The van der Waals surface area contributed by atoms with E-state index in [2.05, 4.69) is 55.6 Å². The van der Waals surface area contributed by atoms with Crippen molar-refractivity contribution in [3.05, 3.63) is 65.5 Å². The van der Waals surface area contributed by atoms with Crippen LogP contribution in [0, 0.1) is 30.1 Å². The monoisotopic (exact) mass is 574 g/mol. The fourth-order valence-electron chi connectivity index (χ4n) is 7.04. The molecule has 3 saturated carbocycles. The van der Waals surface area contributed by atoms with Gasteiger partial charge in [0.25, 0.3) is 11.8 Å². The van der Waals surface area contributed by atoms with E-state index in [9.17, 15) is 14.4 Å². The van der Waals surface area contributed by atoms with E-state index in [1.807, 2.05) is 19.1 Å². The predicted octanol–water partition coefficient (Wildman–Crippen LogP) is 3.72. The van der Waals surface area contributed by atoms with Gasteiger partial charge in [0.1, 0.15) is 11.7 Å². The fraction of sp³-hybridized carbons (Fsp3) is 0.562. The molecule has 4 aliphatic rings. The summed E-state index contributed by atoms with van der Waals surface area (Å²) in [5.74, 6) is -0.422. The minimum Gasteiger partial charge on any atom is -0.404 e. The van der Waals surface area contributed by atoms with Crippen molar-refractivity contribution in [1.29, 1.82) is 0 Å². The van der Waals surface area contributed by atoms with Crippen LogP contribution in [0.25, 0.3) is 0 Å². The van der Waals surface area contributed by atoms with Crippen LogP contribution < -0.4 is 16.0 Å². The topological polar surface area (TPSA) is 119 Å². The SMILES string of the molecule is Cc1ccc(C(=O)NC[C@H](NC(=O)c2ccccn2)C(=O)N[C@@H](CC(C)C)B2O[C@@H]3C[C@H]4C[C@@H](C4(C)C)[C@]3(C)O2)cc1. The first kappa shape index (κ1) is 30.2. The molecule has 1 aromatic heterocycles. The summed E-state index contributed by atoms with van der Waals surface area (Å²) >= 11 is 0. The van der Waals surface area contributed by atoms with Gasteiger partial charge in [0.05, 0.1) is 17.6 Å². The van der Waals surface area contributed by atoms with Crippen LogP contribution in [0.3, 0.4) is 0 Å². The second kappa shape index (κ2) is 11.8. The Morgan fingerprint density at radius 1 is 1.02 bits per heavy atom. The summed E-state index contributed by atoms with van der Waals surface area (Å²) in [6.07, 6.45) is 4.22. The van der Waals surface area contributed by atoms with E-state index in [-0.39, 0.29) is 35.6 Å². The van der Waals surface area contributed by atoms with Crippen LogP contribution in [0.2, 0.25) is 0 Å². The number of amides is 3. The second-order valence-corrected chi connectivity index (χ2v) is 13.4. The van der Waals surface area contributed by atoms with E-state index < -0.39 is 36.5 Å². The van der Waals surface area contributed by atoms with Crippen molar-refractivity contribution in [2.75, 3.05) is 6.54 Å². The van der Waals surface area contributed by atoms with Crippen molar-refractivity contribution in [3.8, 4) is 0 Å². The van der Waals surface area contributed by atoms with Crippen LogP contribution in [0.15, 0.2) is 48.7 Å². The first-order valence-electron chi connectivity index (χ1n) is 15.1. The largest absolute Gasteiger partial charge is 0.481 e. The van der Waals surface area contributed by atoms with E-state index in [1.54, 1.807) is 30.3 Å². The molecule has 6 rings (SSSR count). The molecular formula is C32H43BN4O5. The summed E-state index contributed by atoms with van der Waals surface area (Å²) in [6.45, 7) is 12.8. The summed E-state index contributed by atoms with van der Waals surface area (Å²) < 4.78 is 13.2. The number of rotatable bonds is 10. The number of pyridine rings is 1. The Bertz CT molecular complexity index is 1300. The number of aromatic nitrogens is 1. The van der Waals surface area contributed by atoms with Crippen molar-refractivity contribution in [3.63, 3.8) is 0 Å². The summed E-state index contributed by atoms with van der Waals surface area (Å²) in [5.41, 5.74) is 1.49. The minimum absolute atomic E-state index is 0.0145. The van der Waals surface area contributed by atoms with Crippen molar-refractivity contribution in [2.24, 2.45) is 23.2 Å². The second-order valence-electron chi connectivity index (χ2n) is 13.4.